The predicted molar refractivity (Wildman–Crippen MR) is 87.3 cm³/mol. The molecule has 122 valence electrons. The third kappa shape index (κ3) is 4.35. The molecule has 0 saturated carbocycles. The van der Waals surface area contributed by atoms with Gasteiger partial charge < -0.3 is 10.6 Å². The highest BCUT2D eigenvalue weighted by Gasteiger charge is 2.14. The van der Waals surface area contributed by atoms with E-state index in [1.165, 1.54) is 29.5 Å². The summed E-state index contributed by atoms with van der Waals surface area (Å²) >= 11 is 1.37. The minimum Gasteiger partial charge on any atom is -0.350 e. The van der Waals surface area contributed by atoms with Gasteiger partial charge in [-0.2, -0.15) is 0 Å². The lowest BCUT2D eigenvalue weighted by atomic mass is 10.2. The Morgan fingerprint density at radius 1 is 1.17 bits per heavy atom. The number of hydrogen-bond donors (Lipinski definition) is 2. The highest BCUT2D eigenvalue weighted by molar-refractivity contribution is 7.13. The number of aromatic nitrogens is 1. The first-order valence-electron chi connectivity index (χ1n) is 7.30. The first kappa shape index (κ1) is 17.1. The van der Waals surface area contributed by atoms with Gasteiger partial charge in [0, 0.05) is 13.1 Å². The van der Waals surface area contributed by atoms with Crippen LogP contribution in [0.15, 0.2) is 24.3 Å². The molecule has 0 unspecified atom stereocenters. The number of carbonyl (C=O) groups excluding carboxylic acids is 2. The van der Waals surface area contributed by atoms with Crippen LogP contribution >= 0.6 is 11.3 Å². The van der Waals surface area contributed by atoms with Gasteiger partial charge >= 0.3 is 0 Å². The lowest BCUT2D eigenvalue weighted by Gasteiger charge is -2.07. The quantitative estimate of drug-likeness (QED) is 0.796. The Morgan fingerprint density at radius 3 is 2.43 bits per heavy atom. The molecule has 2 N–H and O–H groups in total. The number of nitrogens with one attached hydrogen (secondary N) is 2. The number of amides is 2. The second-order valence-corrected chi connectivity index (χ2v) is 5.95. The molecule has 7 heteroatoms. The zero-order valence-corrected chi connectivity index (χ0v) is 13.8. The van der Waals surface area contributed by atoms with Crippen LogP contribution in [-0.2, 0) is 6.42 Å². The third-order valence-electron chi connectivity index (χ3n) is 3.16. The molecule has 0 radical (unpaired) electrons. The predicted octanol–water partition coefficient (Wildman–Crippen LogP) is 2.31. The number of nitrogens with zero attached hydrogens (tertiary/aromatic N) is 1. The van der Waals surface area contributed by atoms with E-state index in [0.29, 0.717) is 10.6 Å². The molecular formula is C16H18FN3O2S. The average molecular weight is 335 g/mol. The summed E-state index contributed by atoms with van der Waals surface area (Å²) in [6.45, 7) is 4.26. The van der Waals surface area contributed by atoms with Crippen LogP contribution in [0.2, 0.25) is 0 Å². The Hall–Kier alpha value is -2.28. The van der Waals surface area contributed by atoms with E-state index in [0.717, 1.165) is 11.4 Å². The van der Waals surface area contributed by atoms with Crippen LogP contribution in [0, 0.1) is 12.7 Å². The van der Waals surface area contributed by atoms with Gasteiger partial charge in [0.15, 0.2) is 0 Å². The highest BCUT2D eigenvalue weighted by atomic mass is 32.1. The SMILES string of the molecule is CCc1nc(C)c(C(=O)NCCNC(=O)c2ccccc2F)s1. The molecule has 0 bridgehead atoms. The Bertz CT molecular complexity index is 715. The van der Waals surface area contributed by atoms with E-state index in [9.17, 15) is 14.0 Å². The summed E-state index contributed by atoms with van der Waals surface area (Å²) in [5, 5.41) is 6.21. The lowest BCUT2D eigenvalue weighted by Crippen LogP contribution is -2.34. The molecule has 2 rings (SSSR count). The van der Waals surface area contributed by atoms with Gasteiger partial charge in [-0.25, -0.2) is 9.37 Å². The van der Waals surface area contributed by atoms with E-state index in [4.69, 9.17) is 0 Å². The zero-order valence-electron chi connectivity index (χ0n) is 13.0. The van der Waals surface area contributed by atoms with Crippen molar-refractivity contribution >= 4 is 23.2 Å². The van der Waals surface area contributed by atoms with Crippen molar-refractivity contribution in [2.45, 2.75) is 20.3 Å². The second-order valence-electron chi connectivity index (χ2n) is 4.87. The molecule has 1 heterocycles. The minimum atomic E-state index is -0.568. The number of benzene rings is 1. The summed E-state index contributed by atoms with van der Waals surface area (Å²) in [6, 6.07) is 5.76. The zero-order chi connectivity index (χ0) is 16.8. The molecule has 0 aliphatic carbocycles. The maximum absolute atomic E-state index is 13.4. The number of thiazole rings is 1. The first-order valence-corrected chi connectivity index (χ1v) is 8.11. The first-order chi connectivity index (χ1) is 11.0. The van der Waals surface area contributed by atoms with Gasteiger partial charge in [0.1, 0.15) is 10.7 Å². The van der Waals surface area contributed by atoms with Crippen molar-refractivity contribution in [3.63, 3.8) is 0 Å². The van der Waals surface area contributed by atoms with Crippen molar-refractivity contribution in [2.24, 2.45) is 0 Å². The molecule has 23 heavy (non-hydrogen) atoms. The Balaban J connectivity index is 1.81. The van der Waals surface area contributed by atoms with Crippen molar-refractivity contribution < 1.29 is 14.0 Å². The molecule has 0 aliphatic rings. The maximum atomic E-state index is 13.4. The summed E-state index contributed by atoms with van der Waals surface area (Å²) in [6.07, 6.45) is 0.789. The largest absolute Gasteiger partial charge is 0.350 e. The van der Waals surface area contributed by atoms with Gasteiger partial charge in [0.05, 0.1) is 16.3 Å². The number of aryl methyl sites for hydroxylation is 2. The van der Waals surface area contributed by atoms with Crippen LogP contribution in [0.5, 0.6) is 0 Å². The fourth-order valence-corrected chi connectivity index (χ4v) is 2.91. The fraction of sp³-hybridized carbons (Fsp3) is 0.312. The summed E-state index contributed by atoms with van der Waals surface area (Å²) < 4.78 is 13.4. The van der Waals surface area contributed by atoms with Crippen molar-refractivity contribution in [2.75, 3.05) is 13.1 Å². The van der Waals surface area contributed by atoms with Crippen LogP contribution < -0.4 is 10.6 Å². The standard InChI is InChI=1S/C16H18FN3O2S/c1-3-13-20-10(2)14(23-13)16(22)19-9-8-18-15(21)11-6-4-5-7-12(11)17/h4-7H,3,8-9H2,1-2H3,(H,18,21)(H,19,22). The molecule has 0 fully saturated rings. The molecule has 5 nitrogen and oxygen atoms in total. The van der Waals surface area contributed by atoms with E-state index < -0.39 is 11.7 Å². The molecule has 1 aromatic heterocycles. The van der Waals surface area contributed by atoms with E-state index in [2.05, 4.69) is 15.6 Å². The number of carbonyl (C=O) groups is 2. The summed E-state index contributed by atoms with van der Waals surface area (Å²) in [5.41, 5.74) is 0.699. The Kier molecular flexibility index (Phi) is 5.81. The normalized spacial score (nSPS) is 10.4. The summed E-state index contributed by atoms with van der Waals surface area (Å²) in [5.74, 6) is -1.28. The van der Waals surface area contributed by atoms with Gasteiger partial charge in [0.2, 0.25) is 0 Å². The number of hydrogen-bond acceptors (Lipinski definition) is 4. The van der Waals surface area contributed by atoms with Gasteiger partial charge in [-0.05, 0) is 25.5 Å². The van der Waals surface area contributed by atoms with E-state index in [-0.39, 0.29) is 24.6 Å². The van der Waals surface area contributed by atoms with Gasteiger partial charge in [0.25, 0.3) is 11.8 Å². The van der Waals surface area contributed by atoms with Crippen LogP contribution in [-0.4, -0.2) is 29.9 Å². The molecule has 0 spiro atoms. The molecule has 2 amide bonds. The van der Waals surface area contributed by atoms with Crippen LogP contribution in [0.1, 0.15) is 37.7 Å². The van der Waals surface area contributed by atoms with Gasteiger partial charge in [-0.3, -0.25) is 9.59 Å². The van der Waals surface area contributed by atoms with Gasteiger partial charge in [-0.15, -0.1) is 11.3 Å². The van der Waals surface area contributed by atoms with Crippen molar-refractivity contribution in [1.29, 1.82) is 0 Å². The highest BCUT2D eigenvalue weighted by Crippen LogP contribution is 2.18. The fourth-order valence-electron chi connectivity index (χ4n) is 1.99. The van der Waals surface area contributed by atoms with E-state index >= 15 is 0 Å². The van der Waals surface area contributed by atoms with E-state index in [1.807, 2.05) is 6.92 Å². The Labute approximate surface area is 137 Å². The average Bonchev–Trinajstić information content (AvgIpc) is 2.92. The molecular weight excluding hydrogens is 317 g/mol. The maximum Gasteiger partial charge on any atom is 0.263 e. The molecule has 2 aromatic rings. The molecule has 0 atom stereocenters. The second kappa shape index (κ2) is 7.82. The monoisotopic (exact) mass is 335 g/mol. The molecule has 1 aromatic carbocycles. The number of halogens is 1. The van der Waals surface area contributed by atoms with Crippen molar-refractivity contribution in [3.05, 3.63) is 51.2 Å². The summed E-state index contributed by atoms with van der Waals surface area (Å²) in [7, 11) is 0. The number of rotatable bonds is 6. The minimum absolute atomic E-state index is 0.00952. The topological polar surface area (TPSA) is 71.1 Å². The van der Waals surface area contributed by atoms with Gasteiger partial charge in [-0.1, -0.05) is 19.1 Å². The third-order valence-corrected chi connectivity index (χ3v) is 4.46. The Morgan fingerprint density at radius 2 is 1.83 bits per heavy atom. The molecule has 0 aliphatic heterocycles. The van der Waals surface area contributed by atoms with Crippen LogP contribution in [0.3, 0.4) is 0 Å². The summed E-state index contributed by atoms with van der Waals surface area (Å²) in [4.78, 5) is 28.7. The lowest BCUT2D eigenvalue weighted by molar-refractivity contribution is 0.0927. The van der Waals surface area contributed by atoms with E-state index in [1.54, 1.807) is 13.0 Å². The van der Waals surface area contributed by atoms with Crippen LogP contribution in [0.4, 0.5) is 4.39 Å². The molecule has 0 saturated heterocycles. The van der Waals surface area contributed by atoms with Crippen molar-refractivity contribution in [1.82, 2.24) is 15.6 Å². The van der Waals surface area contributed by atoms with Crippen LogP contribution in [0.25, 0.3) is 0 Å². The smallest absolute Gasteiger partial charge is 0.263 e. The van der Waals surface area contributed by atoms with Crippen molar-refractivity contribution in [3.8, 4) is 0 Å².